The van der Waals surface area contributed by atoms with E-state index in [4.69, 9.17) is 9.47 Å². The maximum absolute atomic E-state index is 12.0. The zero-order valence-electron chi connectivity index (χ0n) is 11.3. The Kier molecular flexibility index (Phi) is 6.22. The minimum atomic E-state index is 0.0587. The van der Waals surface area contributed by atoms with E-state index >= 15 is 0 Å². The fraction of sp³-hybridized carbons (Fsp3) is 0.500. The largest absolute Gasteiger partial charge is 0.491 e. The third kappa shape index (κ3) is 4.04. The van der Waals surface area contributed by atoms with Crippen LogP contribution in [0.2, 0.25) is 0 Å². The van der Waals surface area contributed by atoms with Gasteiger partial charge in [0, 0.05) is 25.8 Å². The van der Waals surface area contributed by atoms with Crippen LogP contribution in [0.3, 0.4) is 0 Å². The highest BCUT2D eigenvalue weighted by Gasteiger charge is 2.11. The van der Waals surface area contributed by atoms with Crippen LogP contribution in [0.25, 0.3) is 0 Å². The Morgan fingerprint density at radius 1 is 1.11 bits per heavy atom. The van der Waals surface area contributed by atoms with Crippen molar-refractivity contribution in [3.8, 4) is 5.75 Å². The van der Waals surface area contributed by atoms with Gasteiger partial charge in [0.15, 0.2) is 0 Å². The summed E-state index contributed by atoms with van der Waals surface area (Å²) in [5.41, 5.74) is 0.692. The lowest BCUT2D eigenvalue weighted by Crippen LogP contribution is -2.30. The lowest BCUT2D eigenvalue weighted by Gasteiger charge is -2.18. The molecule has 0 bridgehead atoms. The second-order valence-corrected chi connectivity index (χ2v) is 3.84. The standard InChI is InChI=1S/C14H21NO3/c1-4-15(5-2)14(16)12-6-8-13(9-7-12)18-11-10-17-3/h6-9H,4-5,10-11H2,1-3H3. The van der Waals surface area contributed by atoms with Crippen LogP contribution in [-0.2, 0) is 4.74 Å². The molecule has 0 fully saturated rings. The molecule has 0 aliphatic heterocycles. The summed E-state index contributed by atoms with van der Waals surface area (Å²) < 4.78 is 10.3. The van der Waals surface area contributed by atoms with Crippen LogP contribution in [0.4, 0.5) is 0 Å². The lowest BCUT2D eigenvalue weighted by atomic mass is 10.2. The predicted molar refractivity (Wildman–Crippen MR) is 71.1 cm³/mol. The number of carbonyl (C=O) groups excluding carboxylic acids is 1. The Balaban J connectivity index is 2.61. The maximum atomic E-state index is 12.0. The van der Waals surface area contributed by atoms with Crippen LogP contribution in [0, 0.1) is 0 Å². The molecule has 0 saturated carbocycles. The number of hydrogen-bond acceptors (Lipinski definition) is 3. The SMILES string of the molecule is CCN(CC)C(=O)c1ccc(OCCOC)cc1. The van der Waals surface area contributed by atoms with Gasteiger partial charge in [0.2, 0.25) is 0 Å². The number of amides is 1. The van der Waals surface area contributed by atoms with Crippen molar-refractivity contribution in [1.29, 1.82) is 0 Å². The second-order valence-electron chi connectivity index (χ2n) is 3.84. The van der Waals surface area contributed by atoms with E-state index in [1.165, 1.54) is 0 Å². The average Bonchev–Trinajstić information content (AvgIpc) is 2.41. The number of nitrogens with zero attached hydrogens (tertiary/aromatic N) is 1. The van der Waals surface area contributed by atoms with Crippen molar-refractivity contribution >= 4 is 5.91 Å². The molecule has 0 spiro atoms. The van der Waals surface area contributed by atoms with Gasteiger partial charge in [0.1, 0.15) is 12.4 Å². The van der Waals surface area contributed by atoms with Gasteiger partial charge in [-0.15, -0.1) is 0 Å². The van der Waals surface area contributed by atoms with E-state index in [-0.39, 0.29) is 5.91 Å². The van der Waals surface area contributed by atoms with Crippen molar-refractivity contribution in [3.63, 3.8) is 0 Å². The predicted octanol–water partition coefficient (Wildman–Crippen LogP) is 2.19. The molecule has 0 atom stereocenters. The van der Waals surface area contributed by atoms with Crippen LogP contribution in [-0.4, -0.2) is 44.2 Å². The molecule has 0 radical (unpaired) electrons. The summed E-state index contributed by atoms with van der Waals surface area (Å²) in [7, 11) is 1.63. The Morgan fingerprint density at radius 2 is 1.72 bits per heavy atom. The molecule has 0 aliphatic rings. The molecular formula is C14H21NO3. The summed E-state index contributed by atoms with van der Waals surface area (Å²) in [6.07, 6.45) is 0. The van der Waals surface area contributed by atoms with Gasteiger partial charge in [-0.25, -0.2) is 0 Å². The highest BCUT2D eigenvalue weighted by atomic mass is 16.5. The normalized spacial score (nSPS) is 10.2. The molecule has 0 N–H and O–H groups in total. The molecule has 4 heteroatoms. The zero-order valence-corrected chi connectivity index (χ0v) is 11.3. The molecule has 1 amide bonds. The van der Waals surface area contributed by atoms with Gasteiger partial charge in [-0.3, -0.25) is 4.79 Å². The van der Waals surface area contributed by atoms with E-state index in [9.17, 15) is 4.79 Å². The maximum Gasteiger partial charge on any atom is 0.253 e. The van der Waals surface area contributed by atoms with E-state index < -0.39 is 0 Å². The molecule has 0 aromatic heterocycles. The van der Waals surface area contributed by atoms with Gasteiger partial charge < -0.3 is 14.4 Å². The van der Waals surface area contributed by atoms with Crippen molar-refractivity contribution in [1.82, 2.24) is 4.90 Å². The Labute approximate surface area is 108 Å². The first kappa shape index (κ1) is 14.5. The van der Waals surface area contributed by atoms with Gasteiger partial charge in [-0.2, -0.15) is 0 Å². The molecule has 0 unspecified atom stereocenters. The molecule has 0 aliphatic carbocycles. The van der Waals surface area contributed by atoms with E-state index in [1.54, 1.807) is 24.1 Å². The van der Waals surface area contributed by atoms with Crippen LogP contribution in [0.1, 0.15) is 24.2 Å². The Bertz CT molecular complexity index is 358. The van der Waals surface area contributed by atoms with Crippen molar-refractivity contribution < 1.29 is 14.3 Å². The van der Waals surface area contributed by atoms with E-state index in [0.717, 1.165) is 18.8 Å². The first-order valence-electron chi connectivity index (χ1n) is 6.24. The van der Waals surface area contributed by atoms with Crippen molar-refractivity contribution in [3.05, 3.63) is 29.8 Å². The first-order valence-corrected chi connectivity index (χ1v) is 6.24. The lowest BCUT2D eigenvalue weighted by molar-refractivity contribution is 0.0773. The van der Waals surface area contributed by atoms with Crippen LogP contribution >= 0.6 is 0 Å². The van der Waals surface area contributed by atoms with Crippen molar-refractivity contribution in [2.45, 2.75) is 13.8 Å². The van der Waals surface area contributed by atoms with E-state index in [2.05, 4.69) is 0 Å². The van der Waals surface area contributed by atoms with Crippen molar-refractivity contribution in [2.75, 3.05) is 33.4 Å². The second kappa shape index (κ2) is 7.71. The third-order valence-corrected chi connectivity index (χ3v) is 2.71. The molecule has 0 heterocycles. The Morgan fingerprint density at radius 3 is 2.22 bits per heavy atom. The number of methoxy groups -OCH3 is 1. The summed E-state index contributed by atoms with van der Waals surface area (Å²) in [5.74, 6) is 0.812. The zero-order chi connectivity index (χ0) is 13.4. The highest BCUT2D eigenvalue weighted by molar-refractivity contribution is 5.94. The number of ether oxygens (including phenoxy) is 2. The molecule has 4 nitrogen and oxygen atoms in total. The highest BCUT2D eigenvalue weighted by Crippen LogP contribution is 2.13. The summed E-state index contributed by atoms with van der Waals surface area (Å²) in [4.78, 5) is 13.8. The van der Waals surface area contributed by atoms with Gasteiger partial charge in [0.25, 0.3) is 5.91 Å². The molecular weight excluding hydrogens is 230 g/mol. The van der Waals surface area contributed by atoms with E-state index in [1.807, 2.05) is 26.0 Å². The third-order valence-electron chi connectivity index (χ3n) is 2.71. The average molecular weight is 251 g/mol. The summed E-state index contributed by atoms with van der Waals surface area (Å²) in [6.45, 7) is 6.47. The topological polar surface area (TPSA) is 38.8 Å². The van der Waals surface area contributed by atoms with Gasteiger partial charge in [0.05, 0.1) is 6.61 Å². The number of hydrogen-bond donors (Lipinski definition) is 0. The fourth-order valence-corrected chi connectivity index (χ4v) is 1.63. The first-order chi connectivity index (χ1) is 8.72. The molecule has 1 aromatic carbocycles. The summed E-state index contributed by atoms with van der Waals surface area (Å²) in [5, 5.41) is 0. The van der Waals surface area contributed by atoms with Gasteiger partial charge in [-0.1, -0.05) is 0 Å². The minimum Gasteiger partial charge on any atom is -0.491 e. The van der Waals surface area contributed by atoms with Gasteiger partial charge >= 0.3 is 0 Å². The molecule has 1 rings (SSSR count). The summed E-state index contributed by atoms with van der Waals surface area (Å²) in [6, 6.07) is 7.21. The summed E-state index contributed by atoms with van der Waals surface area (Å²) >= 11 is 0. The van der Waals surface area contributed by atoms with Crippen LogP contribution in [0.15, 0.2) is 24.3 Å². The number of carbonyl (C=O) groups is 1. The smallest absolute Gasteiger partial charge is 0.253 e. The minimum absolute atomic E-state index is 0.0587. The molecule has 18 heavy (non-hydrogen) atoms. The van der Waals surface area contributed by atoms with Crippen LogP contribution < -0.4 is 4.74 Å². The molecule has 1 aromatic rings. The quantitative estimate of drug-likeness (QED) is 0.697. The van der Waals surface area contributed by atoms with Gasteiger partial charge in [-0.05, 0) is 38.1 Å². The van der Waals surface area contributed by atoms with E-state index in [0.29, 0.717) is 18.8 Å². The molecule has 0 saturated heterocycles. The monoisotopic (exact) mass is 251 g/mol. The van der Waals surface area contributed by atoms with Crippen LogP contribution in [0.5, 0.6) is 5.75 Å². The van der Waals surface area contributed by atoms with Crippen molar-refractivity contribution in [2.24, 2.45) is 0 Å². The Hall–Kier alpha value is -1.55. The molecule has 100 valence electrons. The number of rotatable bonds is 7. The fourth-order valence-electron chi connectivity index (χ4n) is 1.63. The number of benzene rings is 1.